The van der Waals surface area contributed by atoms with Crippen LogP contribution in [0.5, 0.6) is 5.75 Å². The van der Waals surface area contributed by atoms with Crippen molar-refractivity contribution in [3.63, 3.8) is 0 Å². The molecule has 184 valence electrons. The molecule has 0 radical (unpaired) electrons. The number of carbonyl (C=O) groups is 1. The van der Waals surface area contributed by atoms with Crippen LogP contribution in [0.15, 0.2) is 112 Å². The van der Waals surface area contributed by atoms with Crippen LogP contribution in [0.4, 0.5) is 5.69 Å². The predicted octanol–water partition coefficient (Wildman–Crippen LogP) is 6.50. The molecule has 1 aliphatic carbocycles. The van der Waals surface area contributed by atoms with Crippen molar-refractivity contribution >= 4 is 51.0 Å². The number of anilines is 1. The molecule has 0 bridgehead atoms. The average Bonchev–Trinajstić information content (AvgIpc) is 3.36. The maximum absolute atomic E-state index is 13.7. The fourth-order valence-corrected chi connectivity index (χ4v) is 6.94. The lowest BCUT2D eigenvalue weighted by molar-refractivity contribution is -0.116. The zero-order valence-electron chi connectivity index (χ0n) is 19.4. The van der Waals surface area contributed by atoms with E-state index >= 15 is 0 Å². The molecule has 2 heterocycles. The number of phenols is 1. The Morgan fingerprint density at radius 3 is 2.65 bits per heavy atom. The van der Waals surface area contributed by atoms with E-state index in [1.54, 1.807) is 23.9 Å². The Hall–Kier alpha value is -3.27. The van der Waals surface area contributed by atoms with E-state index in [0.29, 0.717) is 16.5 Å². The average molecular weight is 590 g/mol. The molecular weight excluding hydrogens is 568 g/mol. The number of rotatable bonds is 5. The molecule has 2 atom stereocenters. The molecule has 1 N–H and O–H groups in total. The van der Waals surface area contributed by atoms with Crippen molar-refractivity contribution in [2.24, 2.45) is 0 Å². The van der Waals surface area contributed by atoms with E-state index in [0.717, 1.165) is 20.7 Å². The summed E-state index contributed by atoms with van der Waals surface area (Å²) in [4.78, 5) is 16.8. The zero-order valence-corrected chi connectivity index (χ0v) is 22.7. The summed E-state index contributed by atoms with van der Waals surface area (Å²) in [6.45, 7) is 0. The number of phenolic OH excluding ortho intramolecular Hbond substituents is 1. The molecule has 1 amide bonds. The van der Waals surface area contributed by atoms with Crippen LogP contribution in [0.1, 0.15) is 0 Å². The van der Waals surface area contributed by atoms with E-state index in [1.807, 2.05) is 76.2 Å². The topological polar surface area (TPSA) is 71.2 Å². The fourth-order valence-electron chi connectivity index (χ4n) is 4.51. The van der Waals surface area contributed by atoms with Gasteiger partial charge in [0.2, 0.25) is 5.91 Å². The number of fused-ring (bicyclic) bond motifs is 2. The van der Waals surface area contributed by atoms with Crippen LogP contribution >= 0.6 is 39.5 Å². The Bertz CT molecular complexity index is 1540. The van der Waals surface area contributed by atoms with Gasteiger partial charge in [0.15, 0.2) is 11.0 Å². The Balaban J connectivity index is 1.34. The second-order valence-corrected chi connectivity index (χ2v) is 11.6. The minimum absolute atomic E-state index is 0.00200. The van der Waals surface area contributed by atoms with E-state index < -0.39 is 0 Å². The number of hydrogen-bond acceptors (Lipinski definition) is 6. The highest BCUT2D eigenvalue weighted by Gasteiger charge is 2.36. The molecule has 2 aliphatic rings. The molecule has 37 heavy (non-hydrogen) atoms. The van der Waals surface area contributed by atoms with Gasteiger partial charge >= 0.3 is 0 Å². The highest BCUT2D eigenvalue weighted by atomic mass is 79.9. The third-order valence-corrected chi connectivity index (χ3v) is 8.90. The van der Waals surface area contributed by atoms with Gasteiger partial charge in [0.05, 0.1) is 28.3 Å². The third kappa shape index (κ3) is 4.63. The van der Waals surface area contributed by atoms with Crippen LogP contribution < -0.4 is 4.90 Å². The molecule has 0 unspecified atom stereocenters. The number of allylic oxidation sites excluding steroid dienone is 2. The first-order chi connectivity index (χ1) is 18.1. The largest absolute Gasteiger partial charge is 0.507 e. The Labute approximate surface area is 231 Å². The second-order valence-electron chi connectivity index (χ2n) is 8.50. The number of thioether (sulfide) groups is 2. The lowest BCUT2D eigenvalue weighted by atomic mass is 10.0. The summed E-state index contributed by atoms with van der Waals surface area (Å²) >= 11 is 6.61. The van der Waals surface area contributed by atoms with E-state index in [1.165, 1.54) is 11.8 Å². The van der Waals surface area contributed by atoms with E-state index in [2.05, 4.69) is 44.3 Å². The Morgan fingerprint density at radius 1 is 1.00 bits per heavy atom. The predicted molar refractivity (Wildman–Crippen MR) is 153 cm³/mol. The highest BCUT2D eigenvalue weighted by Crippen LogP contribution is 2.44. The van der Waals surface area contributed by atoms with Crippen LogP contribution in [-0.4, -0.2) is 42.8 Å². The molecule has 3 aromatic carbocycles. The van der Waals surface area contributed by atoms with Crippen molar-refractivity contribution in [2.45, 2.75) is 21.3 Å². The van der Waals surface area contributed by atoms with Crippen LogP contribution in [0, 0.1) is 0 Å². The van der Waals surface area contributed by atoms with Gasteiger partial charge in [0, 0.05) is 15.1 Å². The van der Waals surface area contributed by atoms with E-state index in [-0.39, 0.29) is 28.7 Å². The molecule has 4 aromatic rings. The number of nitrogens with zero attached hydrogens (tertiary/aromatic N) is 4. The van der Waals surface area contributed by atoms with Crippen LogP contribution in [0.3, 0.4) is 0 Å². The number of para-hydroxylation sites is 2. The molecular formula is C28H21BrN4O2S2. The van der Waals surface area contributed by atoms with Gasteiger partial charge in [-0.25, -0.2) is 0 Å². The second kappa shape index (κ2) is 10.2. The number of amides is 1. The summed E-state index contributed by atoms with van der Waals surface area (Å²) in [5, 5.41) is 20.2. The van der Waals surface area contributed by atoms with Gasteiger partial charge in [-0.05, 0) is 42.5 Å². The van der Waals surface area contributed by atoms with Gasteiger partial charge in [-0.2, -0.15) is 0 Å². The normalized spacial score (nSPS) is 17.9. The van der Waals surface area contributed by atoms with Gasteiger partial charge in [0.1, 0.15) is 5.75 Å². The van der Waals surface area contributed by atoms with Crippen molar-refractivity contribution in [3.8, 4) is 22.8 Å². The van der Waals surface area contributed by atoms with Gasteiger partial charge in [0.25, 0.3) is 0 Å². The minimum Gasteiger partial charge on any atom is -0.507 e. The SMILES string of the molecule is O=C(CSc1nnc(-c2cc(Br)ccc2O)n1-c1ccccc1)N1c2ccccc2S[C@H]2C=CC=C[C@@H]21. The number of aromatic hydroxyl groups is 1. The molecule has 1 aromatic heterocycles. The Morgan fingerprint density at radius 2 is 1.78 bits per heavy atom. The number of benzene rings is 3. The number of halogens is 1. The molecule has 9 heteroatoms. The quantitative estimate of drug-likeness (QED) is 0.268. The van der Waals surface area contributed by atoms with Crippen LogP contribution in [-0.2, 0) is 4.79 Å². The number of hydrogen-bond donors (Lipinski definition) is 1. The fraction of sp³-hybridized carbons (Fsp3) is 0.107. The molecule has 0 saturated carbocycles. The van der Waals surface area contributed by atoms with Crippen molar-refractivity contribution in [1.29, 1.82) is 0 Å². The van der Waals surface area contributed by atoms with Gasteiger partial charge in [-0.3, -0.25) is 9.36 Å². The zero-order chi connectivity index (χ0) is 25.4. The summed E-state index contributed by atoms with van der Waals surface area (Å²) < 4.78 is 2.70. The van der Waals surface area contributed by atoms with Gasteiger partial charge < -0.3 is 10.0 Å². The van der Waals surface area contributed by atoms with Crippen LogP contribution in [0.25, 0.3) is 17.1 Å². The van der Waals surface area contributed by atoms with Gasteiger partial charge in [-0.15, -0.1) is 22.0 Å². The summed E-state index contributed by atoms with van der Waals surface area (Å²) in [6, 6.07) is 22.9. The van der Waals surface area contributed by atoms with Crippen molar-refractivity contribution in [1.82, 2.24) is 14.8 Å². The maximum atomic E-state index is 13.7. The van der Waals surface area contributed by atoms with Crippen molar-refractivity contribution < 1.29 is 9.90 Å². The van der Waals surface area contributed by atoms with Crippen molar-refractivity contribution in [3.05, 3.63) is 102 Å². The number of carbonyl (C=O) groups excluding carboxylic acids is 1. The minimum atomic E-state index is -0.0424. The van der Waals surface area contributed by atoms with E-state index in [9.17, 15) is 9.90 Å². The lowest BCUT2D eigenvalue weighted by Crippen LogP contribution is -2.48. The molecule has 0 fully saturated rings. The smallest absolute Gasteiger partial charge is 0.238 e. The van der Waals surface area contributed by atoms with E-state index in [4.69, 9.17) is 0 Å². The summed E-state index contributed by atoms with van der Waals surface area (Å²) in [5.41, 5.74) is 2.33. The first-order valence-electron chi connectivity index (χ1n) is 11.7. The van der Waals surface area contributed by atoms with Gasteiger partial charge in [-0.1, -0.05) is 82.3 Å². The molecule has 0 saturated heterocycles. The molecule has 6 nitrogen and oxygen atoms in total. The third-order valence-electron chi connectivity index (χ3n) is 6.18. The first-order valence-corrected chi connectivity index (χ1v) is 14.3. The highest BCUT2D eigenvalue weighted by molar-refractivity contribution is 9.10. The van der Waals surface area contributed by atoms with Crippen LogP contribution in [0.2, 0.25) is 0 Å². The molecule has 0 spiro atoms. The first kappa shape index (κ1) is 24.1. The lowest BCUT2D eigenvalue weighted by Gasteiger charge is -2.40. The monoisotopic (exact) mass is 588 g/mol. The number of aromatic nitrogens is 3. The maximum Gasteiger partial charge on any atom is 0.238 e. The van der Waals surface area contributed by atoms with Crippen molar-refractivity contribution in [2.75, 3.05) is 10.7 Å². The summed E-state index contributed by atoms with van der Waals surface area (Å²) in [5.74, 6) is 0.795. The summed E-state index contributed by atoms with van der Waals surface area (Å²) in [7, 11) is 0. The standard InChI is InChI=1S/C28H21BrN4O2S2/c29-18-14-15-23(34)20(16-18)27-30-31-28(32(27)19-8-2-1-3-9-19)36-17-26(35)33-21-10-4-6-12-24(21)37-25-13-7-5-11-22(25)33/h1-16,21,24,34H,17H2/t21-,24-/m0/s1. The Kier molecular flexibility index (Phi) is 6.67. The summed E-state index contributed by atoms with van der Waals surface area (Å²) in [6.07, 6.45) is 8.30. The molecule has 1 aliphatic heterocycles. The molecule has 6 rings (SSSR count).